The molecule has 1 aliphatic heterocycles. The van der Waals surface area contributed by atoms with Crippen molar-refractivity contribution >= 4 is 23.1 Å². The van der Waals surface area contributed by atoms with Gasteiger partial charge in [0.25, 0.3) is 0 Å². The zero-order valence-electron chi connectivity index (χ0n) is 17.0. The molecule has 1 atom stereocenters. The molecule has 1 aliphatic carbocycles. The number of para-hydroxylation sites is 1. The van der Waals surface area contributed by atoms with Crippen LogP contribution in [0.4, 0.5) is 23.7 Å². The Balaban J connectivity index is 1.54. The Morgan fingerprint density at radius 3 is 2.68 bits per heavy atom. The number of halogens is 3. The average molecular weight is 446 g/mol. The molecule has 1 aromatic carbocycles. The summed E-state index contributed by atoms with van der Waals surface area (Å²) in [6.07, 6.45) is 1.79. The summed E-state index contributed by atoms with van der Waals surface area (Å²) in [4.78, 5) is 16.3. The van der Waals surface area contributed by atoms with Gasteiger partial charge < -0.3 is 14.8 Å². The van der Waals surface area contributed by atoms with E-state index >= 15 is 0 Å². The van der Waals surface area contributed by atoms with Crippen LogP contribution in [0.2, 0.25) is 0 Å². The topological polar surface area (TPSA) is 37.3 Å². The monoisotopic (exact) mass is 445 g/mol. The van der Waals surface area contributed by atoms with Crippen molar-refractivity contribution in [2.24, 2.45) is 0 Å². The van der Waals surface area contributed by atoms with Crippen LogP contribution < -0.4 is 5.32 Å². The minimum absolute atomic E-state index is 0.223. The number of hydrogen-bond donors (Lipinski definition) is 1. The van der Waals surface area contributed by atoms with E-state index in [2.05, 4.69) is 9.88 Å². The molecule has 4 nitrogen and oxygen atoms in total. The first-order valence-corrected chi connectivity index (χ1v) is 11.2. The molecule has 0 saturated heterocycles. The fraction of sp³-hybridized carbons (Fsp3) is 0.348. The number of nitrogens with one attached hydrogen (secondary N) is 1. The number of hydrogen-bond acceptors (Lipinski definition) is 2. The SMILES string of the molecule is C[C@H]1c2cccn2-c2sc3c(c2CN1C(=O)Nc1ccccc1C(F)(F)F)CCCC3. The van der Waals surface area contributed by atoms with Crippen molar-refractivity contribution < 1.29 is 18.0 Å². The van der Waals surface area contributed by atoms with Gasteiger partial charge in [-0.05, 0) is 62.4 Å². The Bertz CT molecular complexity index is 1150. The molecule has 0 fully saturated rings. The van der Waals surface area contributed by atoms with Crippen molar-refractivity contribution in [1.29, 1.82) is 0 Å². The largest absolute Gasteiger partial charge is 0.418 e. The number of nitrogens with zero attached hydrogens (tertiary/aromatic N) is 2. The van der Waals surface area contributed by atoms with Gasteiger partial charge in [-0.3, -0.25) is 0 Å². The summed E-state index contributed by atoms with van der Waals surface area (Å²) < 4.78 is 42.4. The van der Waals surface area contributed by atoms with Gasteiger partial charge in [-0.1, -0.05) is 12.1 Å². The van der Waals surface area contributed by atoms with Crippen LogP contribution in [-0.4, -0.2) is 15.5 Å². The standard InChI is InChI=1S/C23H22F3N3OS/c1-14-19-10-6-12-28(19)21-16(15-7-2-5-11-20(15)31-21)13-29(14)22(30)27-18-9-4-3-8-17(18)23(24,25)26/h3-4,6,8-10,12,14H,2,5,7,11,13H2,1H3,(H,27,30)/t14-/m0/s1. The maximum absolute atomic E-state index is 13.4. The number of anilines is 1. The van der Waals surface area contributed by atoms with Crippen LogP contribution in [-0.2, 0) is 25.6 Å². The van der Waals surface area contributed by atoms with E-state index in [9.17, 15) is 18.0 Å². The molecule has 0 bridgehead atoms. The highest BCUT2D eigenvalue weighted by Crippen LogP contribution is 2.42. The lowest BCUT2D eigenvalue weighted by atomic mass is 9.95. The number of fused-ring (bicyclic) bond motifs is 5. The lowest BCUT2D eigenvalue weighted by Crippen LogP contribution is -2.36. The van der Waals surface area contributed by atoms with Crippen LogP contribution in [0.5, 0.6) is 0 Å². The maximum Gasteiger partial charge on any atom is 0.418 e. The van der Waals surface area contributed by atoms with Gasteiger partial charge in [0.1, 0.15) is 5.00 Å². The van der Waals surface area contributed by atoms with Crippen LogP contribution in [0.1, 0.15) is 53.1 Å². The van der Waals surface area contributed by atoms with Crippen molar-refractivity contribution in [3.05, 3.63) is 69.9 Å². The highest BCUT2D eigenvalue weighted by Gasteiger charge is 2.36. The molecule has 3 aromatic rings. The number of aromatic nitrogens is 1. The first kappa shape index (κ1) is 20.2. The molecular formula is C23H22F3N3OS. The summed E-state index contributed by atoms with van der Waals surface area (Å²) in [5.41, 5.74) is 2.33. The number of urea groups is 1. The van der Waals surface area contributed by atoms with E-state index in [0.29, 0.717) is 6.54 Å². The normalized spacial score (nSPS) is 18.1. The third-order valence-electron chi connectivity index (χ3n) is 6.22. The van der Waals surface area contributed by atoms with Crippen LogP contribution >= 0.6 is 11.3 Å². The average Bonchev–Trinajstić information content (AvgIpc) is 3.33. The second-order valence-electron chi connectivity index (χ2n) is 8.08. The van der Waals surface area contributed by atoms with E-state index in [1.54, 1.807) is 16.2 Å². The summed E-state index contributed by atoms with van der Waals surface area (Å²) in [5.74, 6) is 0. The van der Waals surface area contributed by atoms with E-state index in [1.165, 1.54) is 35.1 Å². The van der Waals surface area contributed by atoms with E-state index in [-0.39, 0.29) is 11.7 Å². The van der Waals surface area contributed by atoms with Crippen molar-refractivity contribution in [3.8, 4) is 5.00 Å². The molecule has 0 radical (unpaired) electrons. The summed E-state index contributed by atoms with van der Waals surface area (Å²) in [6, 6.07) is 8.22. The third-order valence-corrected chi connectivity index (χ3v) is 7.55. The van der Waals surface area contributed by atoms with E-state index in [0.717, 1.165) is 41.6 Å². The number of amides is 2. The second-order valence-corrected chi connectivity index (χ2v) is 9.16. The number of alkyl halides is 3. The van der Waals surface area contributed by atoms with Crippen LogP contribution in [0.3, 0.4) is 0 Å². The fourth-order valence-electron chi connectivity index (χ4n) is 4.63. The fourth-order valence-corrected chi connectivity index (χ4v) is 6.04. The van der Waals surface area contributed by atoms with Gasteiger partial charge >= 0.3 is 12.2 Å². The predicted octanol–water partition coefficient (Wildman–Crippen LogP) is 6.55. The number of carbonyl (C=O) groups excluding carboxylic acids is 1. The van der Waals surface area contributed by atoms with Gasteiger partial charge in [0.2, 0.25) is 0 Å². The molecule has 2 amide bonds. The minimum atomic E-state index is -4.54. The zero-order chi connectivity index (χ0) is 21.8. The smallest absolute Gasteiger partial charge is 0.312 e. The quantitative estimate of drug-likeness (QED) is 0.453. The summed E-state index contributed by atoms with van der Waals surface area (Å²) in [7, 11) is 0. The lowest BCUT2D eigenvalue weighted by Gasteiger charge is -2.29. The lowest BCUT2D eigenvalue weighted by molar-refractivity contribution is -0.136. The van der Waals surface area contributed by atoms with E-state index < -0.39 is 17.8 Å². The molecule has 0 spiro atoms. The first-order valence-electron chi connectivity index (χ1n) is 10.4. The Hall–Kier alpha value is -2.74. The molecule has 31 heavy (non-hydrogen) atoms. The summed E-state index contributed by atoms with van der Waals surface area (Å²) in [5, 5.41) is 3.66. The van der Waals surface area contributed by atoms with Crippen molar-refractivity contribution in [3.63, 3.8) is 0 Å². The Morgan fingerprint density at radius 2 is 1.87 bits per heavy atom. The van der Waals surface area contributed by atoms with E-state index in [4.69, 9.17) is 0 Å². The van der Waals surface area contributed by atoms with Gasteiger partial charge in [-0.15, -0.1) is 11.3 Å². The van der Waals surface area contributed by atoms with Crippen molar-refractivity contribution in [2.45, 2.75) is 51.4 Å². The van der Waals surface area contributed by atoms with Gasteiger partial charge in [0.15, 0.2) is 0 Å². The van der Waals surface area contributed by atoms with Gasteiger partial charge in [-0.2, -0.15) is 13.2 Å². The molecule has 1 N–H and O–H groups in total. The number of aryl methyl sites for hydroxylation is 1. The minimum Gasteiger partial charge on any atom is -0.312 e. The molecule has 3 heterocycles. The molecular weight excluding hydrogens is 423 g/mol. The molecule has 0 saturated carbocycles. The number of thiophene rings is 1. The van der Waals surface area contributed by atoms with Gasteiger partial charge in [-0.25, -0.2) is 4.79 Å². The van der Waals surface area contributed by atoms with Crippen LogP contribution in [0, 0.1) is 0 Å². The molecule has 8 heteroatoms. The molecule has 2 aliphatic rings. The predicted molar refractivity (Wildman–Crippen MR) is 115 cm³/mol. The third kappa shape index (κ3) is 3.43. The Morgan fingerprint density at radius 1 is 1.10 bits per heavy atom. The molecule has 5 rings (SSSR count). The summed E-state index contributed by atoms with van der Waals surface area (Å²) >= 11 is 1.78. The molecule has 0 unspecified atom stereocenters. The van der Waals surface area contributed by atoms with Crippen LogP contribution in [0.15, 0.2) is 42.6 Å². The number of benzene rings is 1. The highest BCUT2D eigenvalue weighted by molar-refractivity contribution is 7.15. The molecule has 2 aromatic heterocycles. The van der Waals surface area contributed by atoms with Crippen LogP contribution in [0.25, 0.3) is 5.00 Å². The maximum atomic E-state index is 13.4. The first-order chi connectivity index (χ1) is 14.8. The summed E-state index contributed by atoms with van der Waals surface area (Å²) in [6.45, 7) is 2.30. The van der Waals surface area contributed by atoms with Crippen molar-refractivity contribution in [2.75, 3.05) is 5.32 Å². The van der Waals surface area contributed by atoms with E-state index in [1.807, 2.05) is 25.3 Å². The highest BCUT2D eigenvalue weighted by atomic mass is 32.1. The Labute approximate surface area is 182 Å². The van der Waals surface area contributed by atoms with Gasteiger partial charge in [0.05, 0.1) is 23.8 Å². The van der Waals surface area contributed by atoms with Gasteiger partial charge in [0, 0.05) is 22.3 Å². The van der Waals surface area contributed by atoms with Crippen molar-refractivity contribution in [1.82, 2.24) is 9.47 Å². The molecule has 162 valence electrons. The number of rotatable bonds is 1. The second kappa shape index (κ2) is 7.44. The zero-order valence-corrected chi connectivity index (χ0v) is 17.8. The Kier molecular flexibility index (Phi) is 4.84. The number of carbonyl (C=O) groups is 1.